The fraction of sp³-hybridized carbons (Fsp3) is 0.429. The number of benzene rings is 1. The lowest BCUT2D eigenvalue weighted by Crippen LogP contribution is -2.47. The van der Waals surface area contributed by atoms with Gasteiger partial charge in [-0.05, 0) is 61.9 Å². The number of carbonyl (C=O) groups excluding carboxylic acids is 1. The number of hydrogen-bond acceptors (Lipinski definition) is 6. The van der Waals surface area contributed by atoms with Crippen molar-refractivity contribution in [1.29, 1.82) is 0 Å². The lowest BCUT2D eigenvalue weighted by molar-refractivity contribution is -0.131. The molecular formula is C21H27FN4O4S. The zero-order valence-electron chi connectivity index (χ0n) is 17.0. The zero-order chi connectivity index (χ0) is 22.4. The fourth-order valence-corrected chi connectivity index (χ4v) is 5.09. The van der Waals surface area contributed by atoms with E-state index < -0.39 is 27.8 Å². The van der Waals surface area contributed by atoms with Gasteiger partial charge in [-0.3, -0.25) is 15.0 Å². The number of nitrogens with zero attached hydrogens (tertiary/aromatic N) is 1. The Morgan fingerprint density at radius 3 is 2.48 bits per heavy atom. The molecule has 1 atom stereocenters. The van der Waals surface area contributed by atoms with Crippen LogP contribution < -0.4 is 15.9 Å². The third kappa shape index (κ3) is 6.07. The average Bonchev–Trinajstić information content (AvgIpc) is 2.78. The number of halogens is 1. The first kappa shape index (κ1) is 23.3. The summed E-state index contributed by atoms with van der Waals surface area (Å²) in [5.41, 5.74) is 8.19. The van der Waals surface area contributed by atoms with Gasteiger partial charge in [0.15, 0.2) is 0 Å². The molecule has 8 nitrogen and oxygen atoms in total. The summed E-state index contributed by atoms with van der Waals surface area (Å²) in [6.45, 7) is 0.624. The second-order valence-corrected chi connectivity index (χ2v) is 9.61. The second kappa shape index (κ2) is 10.3. The molecular weight excluding hydrogens is 423 g/mol. The van der Waals surface area contributed by atoms with Gasteiger partial charge in [-0.2, -0.15) is 4.72 Å². The van der Waals surface area contributed by atoms with E-state index in [-0.39, 0.29) is 17.2 Å². The Kier molecular flexibility index (Phi) is 7.71. The molecule has 31 heavy (non-hydrogen) atoms. The van der Waals surface area contributed by atoms with E-state index in [0.29, 0.717) is 23.7 Å². The molecule has 0 spiro atoms. The summed E-state index contributed by atoms with van der Waals surface area (Å²) in [4.78, 5) is 16.1. The highest BCUT2D eigenvalue weighted by molar-refractivity contribution is 7.89. The summed E-state index contributed by atoms with van der Waals surface area (Å²) < 4.78 is 41.4. The van der Waals surface area contributed by atoms with Crippen molar-refractivity contribution in [2.24, 2.45) is 17.6 Å². The summed E-state index contributed by atoms with van der Waals surface area (Å²) in [6, 6.07) is 7.51. The van der Waals surface area contributed by atoms with Crippen LogP contribution in [0, 0.1) is 17.7 Å². The van der Waals surface area contributed by atoms with Crippen LogP contribution in [0.2, 0.25) is 0 Å². The number of pyridine rings is 1. The maximum absolute atomic E-state index is 13.4. The minimum absolute atomic E-state index is 0.129. The highest BCUT2D eigenvalue weighted by Crippen LogP contribution is 2.31. The van der Waals surface area contributed by atoms with Gasteiger partial charge in [-0.15, -0.1) is 0 Å². The van der Waals surface area contributed by atoms with E-state index in [1.54, 1.807) is 11.5 Å². The van der Waals surface area contributed by atoms with E-state index in [9.17, 15) is 17.6 Å². The number of aromatic nitrogens is 1. The van der Waals surface area contributed by atoms with Gasteiger partial charge in [0.25, 0.3) is 5.91 Å². The Labute approximate surface area is 181 Å². The van der Waals surface area contributed by atoms with Crippen LogP contribution in [0.1, 0.15) is 32.1 Å². The molecule has 10 heteroatoms. The van der Waals surface area contributed by atoms with Crippen LogP contribution in [0.4, 0.5) is 4.39 Å². The smallest absolute Gasteiger partial charge is 0.261 e. The zero-order valence-corrected chi connectivity index (χ0v) is 17.8. The number of sulfonamides is 1. The quantitative estimate of drug-likeness (QED) is 0.360. The van der Waals surface area contributed by atoms with Crippen LogP contribution in [0.25, 0.3) is 11.3 Å². The molecule has 1 aromatic heterocycles. The first-order valence-corrected chi connectivity index (χ1v) is 11.7. The monoisotopic (exact) mass is 450 g/mol. The van der Waals surface area contributed by atoms with Crippen LogP contribution in [0.15, 0.2) is 47.5 Å². The minimum atomic E-state index is -4.07. The lowest BCUT2D eigenvalue weighted by atomic mass is 9.79. The Morgan fingerprint density at radius 2 is 1.90 bits per heavy atom. The minimum Gasteiger partial charge on any atom is -0.330 e. The summed E-state index contributed by atoms with van der Waals surface area (Å²) >= 11 is 0. The van der Waals surface area contributed by atoms with Crippen LogP contribution in [-0.2, 0) is 14.8 Å². The summed E-state index contributed by atoms with van der Waals surface area (Å²) in [6.07, 6.45) is 5.01. The number of amides is 1. The van der Waals surface area contributed by atoms with Crippen molar-refractivity contribution in [3.05, 3.63) is 48.4 Å². The van der Waals surface area contributed by atoms with Crippen molar-refractivity contribution >= 4 is 15.9 Å². The van der Waals surface area contributed by atoms with Gasteiger partial charge >= 0.3 is 0 Å². The molecule has 1 aliphatic rings. The highest BCUT2D eigenvalue weighted by Gasteiger charge is 2.30. The Hall–Kier alpha value is -2.40. The third-order valence-corrected chi connectivity index (χ3v) is 7.22. The van der Waals surface area contributed by atoms with E-state index in [1.807, 2.05) is 0 Å². The topological polar surface area (TPSA) is 134 Å². The van der Waals surface area contributed by atoms with Crippen molar-refractivity contribution in [2.45, 2.75) is 43.0 Å². The highest BCUT2D eigenvalue weighted by atomic mass is 32.2. The van der Waals surface area contributed by atoms with Gasteiger partial charge in [0, 0.05) is 11.8 Å². The van der Waals surface area contributed by atoms with Crippen LogP contribution in [0.5, 0.6) is 0 Å². The van der Waals surface area contributed by atoms with E-state index in [1.165, 1.54) is 30.3 Å². The van der Waals surface area contributed by atoms with Crippen LogP contribution in [0.3, 0.4) is 0 Å². The predicted molar refractivity (Wildman–Crippen MR) is 113 cm³/mol. The van der Waals surface area contributed by atoms with E-state index in [2.05, 4.69) is 9.71 Å². The van der Waals surface area contributed by atoms with Gasteiger partial charge in [-0.1, -0.05) is 25.0 Å². The van der Waals surface area contributed by atoms with Gasteiger partial charge in [0.2, 0.25) is 10.0 Å². The molecule has 1 saturated carbocycles. The Morgan fingerprint density at radius 1 is 1.19 bits per heavy atom. The van der Waals surface area contributed by atoms with Crippen molar-refractivity contribution in [1.82, 2.24) is 15.2 Å². The van der Waals surface area contributed by atoms with Gasteiger partial charge < -0.3 is 5.73 Å². The number of nitrogens with one attached hydrogen (secondary N) is 2. The third-order valence-electron chi connectivity index (χ3n) is 5.76. The molecule has 0 radical (unpaired) electrons. The van der Waals surface area contributed by atoms with Gasteiger partial charge in [0.1, 0.15) is 16.8 Å². The summed E-state index contributed by atoms with van der Waals surface area (Å²) in [5.74, 6) is -0.619. The predicted octanol–water partition coefficient (Wildman–Crippen LogP) is 2.20. The van der Waals surface area contributed by atoms with E-state index in [0.717, 1.165) is 31.9 Å². The molecule has 0 aliphatic heterocycles. The van der Waals surface area contributed by atoms with Crippen molar-refractivity contribution in [3.63, 3.8) is 0 Å². The molecule has 3 rings (SSSR count). The number of hydroxylamine groups is 1. The normalized spacial score (nSPS) is 20.2. The molecule has 1 aromatic carbocycles. The number of rotatable bonds is 8. The van der Waals surface area contributed by atoms with Crippen LogP contribution in [-0.4, -0.2) is 37.1 Å². The molecule has 0 bridgehead atoms. The maximum Gasteiger partial charge on any atom is 0.261 e. The molecule has 1 heterocycles. The SMILES string of the molecule is NCC1CCC(CC(NS(=O)(=O)c2ccc(-c3cccc(F)c3)nc2)C(=O)NO)CC1. The number of nitrogens with two attached hydrogens (primary N) is 1. The number of hydrogen-bond donors (Lipinski definition) is 4. The molecule has 1 amide bonds. The van der Waals surface area contributed by atoms with Gasteiger partial charge in [-0.25, -0.2) is 18.3 Å². The molecule has 0 saturated heterocycles. The van der Waals surface area contributed by atoms with Crippen molar-refractivity contribution in [2.75, 3.05) is 6.54 Å². The fourth-order valence-electron chi connectivity index (χ4n) is 3.94. The molecule has 5 N–H and O–H groups in total. The standard InChI is InChI=1S/C21H27FN4O4S/c22-17-3-1-2-16(11-17)19-9-8-18(13-24-19)31(29,30)26-20(21(27)25-28)10-14-4-6-15(12-23)7-5-14/h1-3,8-9,11,13-15,20,26,28H,4-7,10,12,23H2,(H,25,27). The Bertz CT molecular complexity index is 993. The second-order valence-electron chi connectivity index (χ2n) is 7.90. The van der Waals surface area contributed by atoms with E-state index >= 15 is 0 Å². The first-order valence-electron chi connectivity index (χ1n) is 10.2. The molecule has 1 fully saturated rings. The van der Waals surface area contributed by atoms with Crippen LogP contribution >= 0.6 is 0 Å². The first-order chi connectivity index (χ1) is 14.8. The number of carbonyl (C=O) groups is 1. The molecule has 168 valence electrons. The van der Waals surface area contributed by atoms with E-state index in [4.69, 9.17) is 10.9 Å². The van der Waals surface area contributed by atoms with Crippen molar-refractivity contribution < 1.29 is 22.8 Å². The summed E-state index contributed by atoms with van der Waals surface area (Å²) in [5, 5.41) is 9.07. The van der Waals surface area contributed by atoms with Crippen molar-refractivity contribution in [3.8, 4) is 11.3 Å². The maximum atomic E-state index is 13.4. The molecule has 1 aliphatic carbocycles. The average molecular weight is 451 g/mol. The molecule has 2 aromatic rings. The summed E-state index contributed by atoms with van der Waals surface area (Å²) in [7, 11) is -4.07. The lowest BCUT2D eigenvalue weighted by Gasteiger charge is -2.29. The van der Waals surface area contributed by atoms with Gasteiger partial charge in [0.05, 0.1) is 5.69 Å². The molecule has 1 unspecified atom stereocenters. The Balaban J connectivity index is 1.72. The largest absolute Gasteiger partial charge is 0.330 e.